The van der Waals surface area contributed by atoms with Gasteiger partial charge in [0.25, 0.3) is 0 Å². The van der Waals surface area contributed by atoms with Crippen molar-refractivity contribution in [3.8, 4) is 0 Å². The molecule has 0 radical (unpaired) electrons. The zero-order valence-corrected chi connectivity index (χ0v) is 14.4. The Morgan fingerprint density at radius 2 is 1.95 bits per heavy atom. The van der Waals surface area contributed by atoms with E-state index in [-0.39, 0.29) is 6.10 Å². The minimum atomic E-state index is -3.40. The van der Waals surface area contributed by atoms with Crippen molar-refractivity contribution < 1.29 is 13.5 Å². The van der Waals surface area contributed by atoms with Gasteiger partial charge in [-0.1, -0.05) is 20.8 Å². The first-order valence-electron chi connectivity index (χ1n) is 8.00. The summed E-state index contributed by atoms with van der Waals surface area (Å²) in [6.07, 6.45) is 1.21. The second-order valence-electron chi connectivity index (χ2n) is 5.64. The Morgan fingerprint density at radius 3 is 2.55 bits per heavy atom. The van der Waals surface area contributed by atoms with E-state index in [1.807, 2.05) is 26.8 Å². The number of sulfonamides is 1. The van der Waals surface area contributed by atoms with Crippen LogP contribution in [0.2, 0.25) is 0 Å². The summed E-state index contributed by atoms with van der Waals surface area (Å²) < 4.78 is 26.6. The molecule has 1 atom stereocenters. The molecule has 0 aromatic heterocycles. The molecular weight excluding hydrogens is 300 g/mol. The van der Waals surface area contributed by atoms with E-state index in [1.54, 1.807) is 12.1 Å². The van der Waals surface area contributed by atoms with Gasteiger partial charge in [0.05, 0.1) is 11.0 Å². The zero-order chi connectivity index (χ0) is 16.3. The predicted molar refractivity (Wildman–Crippen MR) is 88.8 cm³/mol. The monoisotopic (exact) mass is 326 g/mol. The molecule has 0 unspecified atom stereocenters. The Kier molecular flexibility index (Phi) is 5.47. The number of fused-ring (bicyclic) bond motifs is 1. The molecule has 2 rings (SSSR count). The van der Waals surface area contributed by atoms with Crippen LogP contribution in [-0.2, 0) is 16.4 Å². The molecule has 124 valence electrons. The summed E-state index contributed by atoms with van der Waals surface area (Å²) in [5.74, 6) is 0. The molecule has 5 nitrogen and oxygen atoms in total. The minimum Gasteiger partial charge on any atom is -0.391 e. The number of aliphatic hydroxyl groups is 1. The van der Waals surface area contributed by atoms with Crippen LogP contribution in [0.4, 0.5) is 5.69 Å². The van der Waals surface area contributed by atoms with Crippen LogP contribution in [0.25, 0.3) is 0 Å². The molecule has 1 heterocycles. The van der Waals surface area contributed by atoms with Crippen LogP contribution in [0.1, 0.15) is 32.8 Å². The van der Waals surface area contributed by atoms with E-state index in [0.717, 1.165) is 30.6 Å². The molecule has 1 aromatic carbocycles. The van der Waals surface area contributed by atoms with Gasteiger partial charge in [-0.05, 0) is 36.6 Å². The molecule has 1 aliphatic rings. The van der Waals surface area contributed by atoms with Gasteiger partial charge < -0.3 is 10.0 Å². The zero-order valence-electron chi connectivity index (χ0n) is 13.6. The molecule has 1 aromatic rings. The van der Waals surface area contributed by atoms with Gasteiger partial charge in [0, 0.05) is 31.9 Å². The van der Waals surface area contributed by atoms with E-state index in [2.05, 4.69) is 4.90 Å². The highest BCUT2D eigenvalue weighted by Gasteiger charge is 2.26. The van der Waals surface area contributed by atoms with Crippen LogP contribution >= 0.6 is 0 Å². The van der Waals surface area contributed by atoms with E-state index in [0.29, 0.717) is 24.5 Å². The minimum absolute atomic E-state index is 0.343. The van der Waals surface area contributed by atoms with Gasteiger partial charge in [-0.3, -0.25) is 0 Å². The first-order chi connectivity index (χ1) is 10.4. The maximum absolute atomic E-state index is 12.6. The summed E-state index contributed by atoms with van der Waals surface area (Å²) in [6, 6.07) is 5.35. The van der Waals surface area contributed by atoms with E-state index < -0.39 is 10.0 Å². The van der Waals surface area contributed by atoms with Crippen molar-refractivity contribution >= 4 is 15.7 Å². The number of nitrogens with zero attached hydrogens (tertiary/aromatic N) is 2. The lowest BCUT2D eigenvalue weighted by Gasteiger charge is -2.23. The maximum Gasteiger partial charge on any atom is 0.243 e. The number of β-amino-alcohol motifs (C(OH)–C–C–N with tert-alkyl or cyclic N) is 1. The number of hydrogen-bond donors (Lipinski definition) is 1. The van der Waals surface area contributed by atoms with Crippen molar-refractivity contribution in [3.63, 3.8) is 0 Å². The average molecular weight is 326 g/mol. The van der Waals surface area contributed by atoms with Gasteiger partial charge in [-0.2, -0.15) is 4.31 Å². The van der Waals surface area contributed by atoms with Gasteiger partial charge in [0.1, 0.15) is 0 Å². The summed E-state index contributed by atoms with van der Waals surface area (Å²) in [5.41, 5.74) is 2.10. The molecule has 0 aliphatic carbocycles. The first-order valence-corrected chi connectivity index (χ1v) is 9.44. The predicted octanol–water partition coefficient (Wildman–Crippen LogP) is 1.85. The summed E-state index contributed by atoms with van der Waals surface area (Å²) >= 11 is 0. The first kappa shape index (κ1) is 17.2. The van der Waals surface area contributed by atoms with Gasteiger partial charge in [-0.15, -0.1) is 0 Å². The Hall–Kier alpha value is -1.11. The van der Waals surface area contributed by atoms with Crippen molar-refractivity contribution in [1.29, 1.82) is 0 Å². The Morgan fingerprint density at radius 1 is 1.27 bits per heavy atom. The smallest absolute Gasteiger partial charge is 0.243 e. The SMILES string of the molecule is CC[C@@H](O)CN1CCc2cc(S(=O)(=O)N(CC)CC)ccc21. The standard InChI is InChI=1S/C16H26N2O3S/c1-4-14(19)12-17-10-9-13-11-15(7-8-16(13)17)22(20,21)18(5-2)6-3/h7-8,11,14,19H,4-6,9-10,12H2,1-3H3/t14-/m1/s1. The second kappa shape index (κ2) is 6.98. The van der Waals surface area contributed by atoms with E-state index >= 15 is 0 Å². The van der Waals surface area contributed by atoms with Gasteiger partial charge in [-0.25, -0.2) is 8.42 Å². The third-order valence-electron chi connectivity index (χ3n) is 4.29. The molecule has 0 amide bonds. The number of anilines is 1. The van der Waals surface area contributed by atoms with Crippen LogP contribution < -0.4 is 4.90 Å². The quantitative estimate of drug-likeness (QED) is 0.831. The summed E-state index contributed by atoms with van der Waals surface area (Å²) in [5, 5.41) is 9.82. The lowest BCUT2D eigenvalue weighted by atomic mass is 10.2. The van der Waals surface area contributed by atoms with Crippen molar-refractivity contribution in [1.82, 2.24) is 4.31 Å². The number of benzene rings is 1. The third kappa shape index (κ3) is 3.29. The van der Waals surface area contributed by atoms with Crippen LogP contribution in [-0.4, -0.2) is 50.1 Å². The number of hydrogen-bond acceptors (Lipinski definition) is 4. The fourth-order valence-electron chi connectivity index (χ4n) is 2.89. The van der Waals surface area contributed by atoms with E-state index in [4.69, 9.17) is 0 Å². The molecule has 1 N–H and O–H groups in total. The molecule has 0 bridgehead atoms. The van der Waals surface area contributed by atoms with E-state index in [9.17, 15) is 13.5 Å². The topological polar surface area (TPSA) is 60.9 Å². The summed E-state index contributed by atoms with van der Waals surface area (Å²) in [4.78, 5) is 2.50. The van der Waals surface area contributed by atoms with Crippen molar-refractivity contribution in [2.75, 3.05) is 31.1 Å². The van der Waals surface area contributed by atoms with Gasteiger partial charge in [0.2, 0.25) is 10.0 Å². The molecular formula is C16H26N2O3S. The molecule has 1 aliphatic heterocycles. The Labute approximate surface area is 133 Å². The summed E-state index contributed by atoms with van der Waals surface area (Å²) in [7, 11) is -3.40. The number of aliphatic hydroxyl groups excluding tert-OH is 1. The molecule has 6 heteroatoms. The highest BCUT2D eigenvalue weighted by Crippen LogP contribution is 2.31. The van der Waals surface area contributed by atoms with Gasteiger partial charge >= 0.3 is 0 Å². The van der Waals surface area contributed by atoms with Crippen molar-refractivity contribution in [2.45, 2.75) is 44.6 Å². The van der Waals surface area contributed by atoms with Crippen LogP contribution in [0.5, 0.6) is 0 Å². The molecule has 22 heavy (non-hydrogen) atoms. The van der Waals surface area contributed by atoms with Gasteiger partial charge in [0.15, 0.2) is 0 Å². The van der Waals surface area contributed by atoms with Crippen LogP contribution in [0.3, 0.4) is 0 Å². The molecule has 0 saturated carbocycles. The lowest BCUT2D eigenvalue weighted by Crippen LogP contribution is -2.31. The second-order valence-corrected chi connectivity index (χ2v) is 7.58. The van der Waals surface area contributed by atoms with Crippen LogP contribution in [0, 0.1) is 0 Å². The van der Waals surface area contributed by atoms with Crippen molar-refractivity contribution in [2.24, 2.45) is 0 Å². The summed E-state index contributed by atoms with van der Waals surface area (Å²) in [6.45, 7) is 8.05. The normalized spacial score (nSPS) is 16.1. The van der Waals surface area contributed by atoms with Crippen molar-refractivity contribution in [3.05, 3.63) is 23.8 Å². The Bertz CT molecular complexity index is 612. The maximum atomic E-state index is 12.6. The molecule has 0 fully saturated rings. The highest BCUT2D eigenvalue weighted by molar-refractivity contribution is 7.89. The molecule has 0 saturated heterocycles. The largest absolute Gasteiger partial charge is 0.391 e. The third-order valence-corrected chi connectivity index (χ3v) is 6.33. The fourth-order valence-corrected chi connectivity index (χ4v) is 4.40. The lowest BCUT2D eigenvalue weighted by molar-refractivity contribution is 0.176. The highest BCUT2D eigenvalue weighted by atomic mass is 32.2. The number of rotatable bonds is 7. The van der Waals surface area contributed by atoms with E-state index in [1.165, 1.54) is 4.31 Å². The van der Waals surface area contributed by atoms with Crippen LogP contribution in [0.15, 0.2) is 23.1 Å². The molecule has 0 spiro atoms. The average Bonchev–Trinajstić information content (AvgIpc) is 2.90. The fraction of sp³-hybridized carbons (Fsp3) is 0.625. The Balaban J connectivity index is 2.27.